The fraction of sp³-hybridized carbons (Fsp3) is 0.267. The normalized spacial score (nSPS) is 14.9. The number of halogens is 1. The predicted octanol–water partition coefficient (Wildman–Crippen LogP) is 3.79. The first-order valence-corrected chi connectivity index (χ1v) is 6.90. The number of anilines is 3. The van der Waals surface area contributed by atoms with Crippen LogP contribution in [0.5, 0.6) is 0 Å². The van der Waals surface area contributed by atoms with E-state index in [9.17, 15) is 0 Å². The summed E-state index contributed by atoms with van der Waals surface area (Å²) in [6, 6.07) is 10.2. The maximum atomic E-state index is 6.07. The number of para-hydroxylation sites is 1. The Kier molecular flexibility index (Phi) is 3.30. The van der Waals surface area contributed by atoms with Gasteiger partial charge >= 0.3 is 0 Å². The van der Waals surface area contributed by atoms with Crippen molar-refractivity contribution < 1.29 is 0 Å². The number of hydrogen-bond donors (Lipinski definition) is 1. The summed E-state index contributed by atoms with van der Waals surface area (Å²) in [4.78, 5) is 6.61. The molecule has 0 bridgehead atoms. The molecule has 0 amide bonds. The molecule has 0 atom stereocenters. The molecule has 0 radical (unpaired) electrons. The van der Waals surface area contributed by atoms with Crippen molar-refractivity contribution in [3.05, 3.63) is 47.1 Å². The summed E-state index contributed by atoms with van der Waals surface area (Å²) in [6.45, 7) is 0.940. The molecule has 0 spiro atoms. The number of nitrogen functional groups attached to an aromatic ring is 1. The van der Waals surface area contributed by atoms with Crippen molar-refractivity contribution in [1.29, 1.82) is 0 Å². The van der Waals surface area contributed by atoms with E-state index >= 15 is 0 Å². The molecule has 19 heavy (non-hydrogen) atoms. The first kappa shape index (κ1) is 12.3. The fourth-order valence-corrected chi connectivity index (χ4v) is 2.75. The van der Waals surface area contributed by atoms with Gasteiger partial charge in [-0.1, -0.05) is 29.8 Å². The molecule has 0 fully saturated rings. The van der Waals surface area contributed by atoms with Gasteiger partial charge in [-0.05, 0) is 37.0 Å². The molecule has 4 heteroatoms. The number of nitrogens with two attached hydrogens (primary N) is 1. The minimum atomic E-state index is 0.573. The SMILES string of the molecule is Nc1cc(Cl)cnc1N1CCCCc2ccccc21. The summed E-state index contributed by atoms with van der Waals surface area (Å²) in [7, 11) is 0. The lowest BCUT2D eigenvalue weighted by Crippen LogP contribution is -2.20. The Labute approximate surface area is 118 Å². The van der Waals surface area contributed by atoms with Gasteiger partial charge in [-0.3, -0.25) is 0 Å². The maximum Gasteiger partial charge on any atom is 0.156 e. The van der Waals surface area contributed by atoms with Crippen LogP contribution in [0, 0.1) is 0 Å². The van der Waals surface area contributed by atoms with E-state index in [1.54, 1.807) is 12.3 Å². The Morgan fingerprint density at radius 2 is 2.05 bits per heavy atom. The van der Waals surface area contributed by atoms with Crippen molar-refractivity contribution in [3.63, 3.8) is 0 Å². The summed E-state index contributed by atoms with van der Waals surface area (Å²) in [6.07, 6.45) is 5.10. The lowest BCUT2D eigenvalue weighted by Gasteiger charge is -2.25. The highest BCUT2D eigenvalue weighted by Crippen LogP contribution is 2.34. The number of hydrogen-bond acceptors (Lipinski definition) is 3. The first-order valence-electron chi connectivity index (χ1n) is 6.52. The Morgan fingerprint density at radius 3 is 2.89 bits per heavy atom. The third-order valence-electron chi connectivity index (χ3n) is 3.48. The molecule has 2 N–H and O–H groups in total. The minimum absolute atomic E-state index is 0.573. The number of aromatic nitrogens is 1. The molecule has 1 aromatic carbocycles. The van der Waals surface area contributed by atoms with Crippen LogP contribution in [0.4, 0.5) is 17.2 Å². The van der Waals surface area contributed by atoms with Gasteiger partial charge in [0.05, 0.1) is 10.7 Å². The van der Waals surface area contributed by atoms with E-state index in [-0.39, 0.29) is 0 Å². The van der Waals surface area contributed by atoms with Crippen LogP contribution < -0.4 is 10.6 Å². The average Bonchev–Trinajstić information content (AvgIpc) is 2.61. The monoisotopic (exact) mass is 273 g/mol. The molecule has 0 aliphatic carbocycles. The van der Waals surface area contributed by atoms with Crippen LogP contribution in [-0.2, 0) is 6.42 Å². The smallest absolute Gasteiger partial charge is 0.156 e. The Hall–Kier alpha value is -1.74. The van der Waals surface area contributed by atoms with Crippen molar-refractivity contribution in [1.82, 2.24) is 4.98 Å². The second-order valence-corrected chi connectivity index (χ2v) is 5.24. The summed E-state index contributed by atoms with van der Waals surface area (Å²) < 4.78 is 0. The third-order valence-corrected chi connectivity index (χ3v) is 3.68. The zero-order valence-corrected chi connectivity index (χ0v) is 11.4. The van der Waals surface area contributed by atoms with Gasteiger partial charge in [-0.15, -0.1) is 0 Å². The zero-order chi connectivity index (χ0) is 13.2. The molecule has 1 aromatic heterocycles. The van der Waals surface area contributed by atoms with Crippen molar-refractivity contribution in [3.8, 4) is 0 Å². The second kappa shape index (κ2) is 5.10. The Morgan fingerprint density at radius 1 is 1.21 bits per heavy atom. The minimum Gasteiger partial charge on any atom is -0.396 e. The van der Waals surface area contributed by atoms with Gasteiger partial charge in [0.1, 0.15) is 0 Å². The number of fused-ring (bicyclic) bond motifs is 1. The fourth-order valence-electron chi connectivity index (χ4n) is 2.58. The molecule has 98 valence electrons. The lowest BCUT2D eigenvalue weighted by atomic mass is 10.1. The molecule has 0 saturated heterocycles. The van der Waals surface area contributed by atoms with Gasteiger partial charge < -0.3 is 10.6 Å². The van der Waals surface area contributed by atoms with Gasteiger partial charge in [0.15, 0.2) is 5.82 Å². The molecule has 0 unspecified atom stereocenters. The lowest BCUT2D eigenvalue weighted by molar-refractivity contribution is 0.758. The van der Waals surface area contributed by atoms with Crippen molar-refractivity contribution in [2.45, 2.75) is 19.3 Å². The van der Waals surface area contributed by atoms with E-state index in [4.69, 9.17) is 17.3 Å². The number of nitrogens with zero attached hydrogens (tertiary/aromatic N) is 2. The summed E-state index contributed by atoms with van der Waals surface area (Å²) in [5.41, 5.74) is 9.27. The van der Waals surface area contributed by atoms with Crippen LogP contribution in [0.3, 0.4) is 0 Å². The summed E-state index contributed by atoms with van der Waals surface area (Å²) in [5.74, 6) is 0.804. The Balaban J connectivity index is 2.09. The first-order chi connectivity index (χ1) is 9.25. The van der Waals surface area contributed by atoms with E-state index in [1.807, 2.05) is 0 Å². The molecule has 0 saturated carbocycles. The van der Waals surface area contributed by atoms with Crippen LogP contribution in [0.25, 0.3) is 0 Å². The third kappa shape index (κ3) is 2.38. The van der Waals surface area contributed by atoms with E-state index in [0.717, 1.165) is 25.2 Å². The molecule has 2 aromatic rings. The van der Waals surface area contributed by atoms with Crippen LogP contribution in [0.2, 0.25) is 5.02 Å². The maximum absolute atomic E-state index is 6.07. The number of aryl methyl sites for hydroxylation is 1. The number of benzene rings is 1. The summed E-state index contributed by atoms with van der Waals surface area (Å²) in [5, 5.41) is 0.573. The van der Waals surface area contributed by atoms with Crippen molar-refractivity contribution in [2.24, 2.45) is 0 Å². The van der Waals surface area contributed by atoms with E-state index < -0.39 is 0 Å². The predicted molar refractivity (Wildman–Crippen MR) is 80.0 cm³/mol. The second-order valence-electron chi connectivity index (χ2n) is 4.80. The summed E-state index contributed by atoms with van der Waals surface area (Å²) >= 11 is 5.93. The van der Waals surface area contributed by atoms with Gasteiger partial charge in [0.2, 0.25) is 0 Å². The van der Waals surface area contributed by atoms with Crippen LogP contribution in [0.15, 0.2) is 36.5 Å². The standard InChI is InChI=1S/C15H16ClN3/c16-12-9-13(17)15(18-10-12)19-8-4-3-6-11-5-1-2-7-14(11)19/h1-2,5,7,9-10H,3-4,6,8,17H2. The molecule has 1 aliphatic heterocycles. The molecular formula is C15H16ClN3. The molecule has 2 heterocycles. The van der Waals surface area contributed by atoms with Crippen LogP contribution in [-0.4, -0.2) is 11.5 Å². The topological polar surface area (TPSA) is 42.1 Å². The van der Waals surface area contributed by atoms with E-state index in [1.165, 1.54) is 17.7 Å². The van der Waals surface area contributed by atoms with Gasteiger partial charge in [0.25, 0.3) is 0 Å². The van der Waals surface area contributed by atoms with Crippen molar-refractivity contribution >= 4 is 28.8 Å². The highest BCUT2D eigenvalue weighted by molar-refractivity contribution is 6.30. The van der Waals surface area contributed by atoms with Gasteiger partial charge in [-0.25, -0.2) is 4.98 Å². The molecular weight excluding hydrogens is 258 g/mol. The van der Waals surface area contributed by atoms with Crippen molar-refractivity contribution in [2.75, 3.05) is 17.2 Å². The highest BCUT2D eigenvalue weighted by Gasteiger charge is 2.19. The Bertz CT molecular complexity index is 598. The molecule has 1 aliphatic rings. The number of rotatable bonds is 1. The zero-order valence-electron chi connectivity index (χ0n) is 10.6. The van der Waals surface area contributed by atoms with Gasteiger partial charge in [0, 0.05) is 18.4 Å². The van der Waals surface area contributed by atoms with Gasteiger partial charge in [-0.2, -0.15) is 0 Å². The molecule has 3 nitrogen and oxygen atoms in total. The average molecular weight is 274 g/mol. The molecule has 3 rings (SSSR count). The van der Waals surface area contributed by atoms with E-state index in [0.29, 0.717) is 10.7 Å². The van der Waals surface area contributed by atoms with Crippen LogP contribution in [0.1, 0.15) is 18.4 Å². The van der Waals surface area contributed by atoms with E-state index in [2.05, 4.69) is 34.1 Å². The van der Waals surface area contributed by atoms with Crippen LogP contribution >= 0.6 is 11.6 Å². The quantitative estimate of drug-likeness (QED) is 0.859. The number of pyridine rings is 1. The largest absolute Gasteiger partial charge is 0.396 e. The highest BCUT2D eigenvalue weighted by atomic mass is 35.5.